The van der Waals surface area contributed by atoms with Crippen LogP contribution in [0.2, 0.25) is 0 Å². The van der Waals surface area contributed by atoms with Crippen LogP contribution in [0.25, 0.3) is 0 Å². The molecule has 0 spiro atoms. The predicted molar refractivity (Wildman–Crippen MR) is 114 cm³/mol. The van der Waals surface area contributed by atoms with Crippen LogP contribution >= 0.6 is 0 Å². The molecule has 4 rings (SSSR count). The minimum atomic E-state index is -0.546. The monoisotopic (exact) mass is 401 g/mol. The normalized spacial score (nSPS) is 14.6. The van der Waals surface area contributed by atoms with E-state index in [0.29, 0.717) is 11.4 Å². The molecule has 1 aliphatic carbocycles. The number of para-hydroxylation sites is 2. The highest BCUT2D eigenvalue weighted by molar-refractivity contribution is 6.04. The number of hydrogen-bond donors (Lipinski definition) is 0. The quantitative estimate of drug-likeness (QED) is 0.443. The van der Waals surface area contributed by atoms with Crippen LogP contribution in [-0.4, -0.2) is 32.5 Å². The molecule has 0 fully saturated rings. The lowest BCUT2D eigenvalue weighted by Crippen LogP contribution is -2.27. The Kier molecular flexibility index (Phi) is 5.28. The molecule has 0 amide bonds. The zero-order valence-electron chi connectivity index (χ0n) is 17.1. The van der Waals surface area contributed by atoms with Crippen LogP contribution in [0, 0.1) is 11.3 Å². The van der Waals surface area contributed by atoms with Crippen LogP contribution < -0.4 is 9.80 Å². The van der Waals surface area contributed by atoms with E-state index in [9.17, 15) is 14.9 Å². The van der Waals surface area contributed by atoms with E-state index in [0.717, 1.165) is 30.6 Å². The number of fused-ring (bicyclic) bond motifs is 2. The van der Waals surface area contributed by atoms with E-state index < -0.39 is 18.4 Å². The van der Waals surface area contributed by atoms with Gasteiger partial charge in [-0.15, -0.1) is 0 Å². The second-order valence-electron chi connectivity index (χ2n) is 7.61. The summed E-state index contributed by atoms with van der Waals surface area (Å²) in [5.41, 5.74) is 4.67. The zero-order chi connectivity index (χ0) is 21.3. The average molecular weight is 401 g/mol. The number of hydrogen-bond acceptors (Lipinski definition) is 6. The van der Waals surface area contributed by atoms with Gasteiger partial charge >= 0.3 is 5.97 Å². The van der Waals surface area contributed by atoms with Crippen molar-refractivity contribution in [3.63, 3.8) is 0 Å². The highest BCUT2D eigenvalue weighted by atomic mass is 16.5. The summed E-state index contributed by atoms with van der Waals surface area (Å²) in [4.78, 5) is 28.8. The summed E-state index contributed by atoms with van der Waals surface area (Å²) in [6.45, 7) is -0.472. The third kappa shape index (κ3) is 3.43. The summed E-state index contributed by atoms with van der Waals surface area (Å²) < 4.78 is 5.26. The maximum atomic E-state index is 12.8. The molecule has 1 heterocycles. The van der Waals surface area contributed by atoms with Gasteiger partial charge in [-0.1, -0.05) is 18.2 Å². The van der Waals surface area contributed by atoms with Gasteiger partial charge in [0.15, 0.2) is 6.61 Å². The van der Waals surface area contributed by atoms with Gasteiger partial charge in [-0.3, -0.25) is 4.79 Å². The molecule has 152 valence electrons. The van der Waals surface area contributed by atoms with Crippen molar-refractivity contribution in [2.45, 2.75) is 25.7 Å². The SMILES string of the molecule is CN1C(=C(C#N)C(=O)COC(=O)c2ccc3c(c2)CCCC3)N(C)c2ccccc21. The topological polar surface area (TPSA) is 73.6 Å². The first-order valence-electron chi connectivity index (χ1n) is 10.0. The Labute approximate surface area is 176 Å². The molecule has 1 aliphatic heterocycles. The first kappa shape index (κ1) is 19.7. The van der Waals surface area contributed by atoms with E-state index in [-0.39, 0.29) is 5.57 Å². The Morgan fingerprint density at radius 3 is 2.27 bits per heavy atom. The van der Waals surface area contributed by atoms with E-state index in [1.54, 1.807) is 30.0 Å². The zero-order valence-corrected chi connectivity index (χ0v) is 17.1. The number of carbonyl (C=O) groups excluding carboxylic acids is 2. The molecule has 0 bridgehead atoms. The Morgan fingerprint density at radius 2 is 1.63 bits per heavy atom. The number of rotatable bonds is 4. The van der Waals surface area contributed by atoms with Gasteiger partial charge in [0.2, 0.25) is 5.78 Å². The van der Waals surface area contributed by atoms with Crippen LogP contribution in [0.5, 0.6) is 0 Å². The lowest BCUT2D eigenvalue weighted by atomic mass is 9.90. The Morgan fingerprint density at radius 1 is 1.00 bits per heavy atom. The molecule has 0 radical (unpaired) electrons. The first-order chi connectivity index (χ1) is 14.5. The van der Waals surface area contributed by atoms with Crippen molar-refractivity contribution >= 4 is 23.1 Å². The fourth-order valence-corrected chi connectivity index (χ4v) is 4.20. The summed E-state index contributed by atoms with van der Waals surface area (Å²) in [6, 6.07) is 15.2. The van der Waals surface area contributed by atoms with Crippen LogP contribution in [0.1, 0.15) is 34.3 Å². The summed E-state index contributed by atoms with van der Waals surface area (Å²) >= 11 is 0. The Bertz CT molecular complexity index is 1070. The van der Waals surface area contributed by atoms with Crippen molar-refractivity contribution in [3.8, 4) is 6.07 Å². The fraction of sp³-hybridized carbons (Fsp3) is 0.292. The minimum absolute atomic E-state index is 0.0329. The van der Waals surface area contributed by atoms with E-state index in [1.165, 1.54) is 17.5 Å². The van der Waals surface area contributed by atoms with Gasteiger partial charge in [0.25, 0.3) is 0 Å². The van der Waals surface area contributed by atoms with Gasteiger partial charge in [-0.25, -0.2) is 4.79 Å². The molecular formula is C24H23N3O3. The van der Waals surface area contributed by atoms with Crippen molar-refractivity contribution in [1.29, 1.82) is 5.26 Å². The van der Waals surface area contributed by atoms with Gasteiger partial charge in [0.05, 0.1) is 16.9 Å². The van der Waals surface area contributed by atoms with Crippen molar-refractivity contribution in [2.24, 2.45) is 0 Å². The lowest BCUT2D eigenvalue weighted by molar-refractivity contribution is -0.118. The van der Waals surface area contributed by atoms with Gasteiger partial charge < -0.3 is 14.5 Å². The van der Waals surface area contributed by atoms with E-state index in [4.69, 9.17) is 4.74 Å². The molecule has 6 nitrogen and oxygen atoms in total. The van der Waals surface area contributed by atoms with Crippen LogP contribution in [0.3, 0.4) is 0 Å². The predicted octanol–water partition coefficient (Wildman–Crippen LogP) is 3.61. The molecule has 0 unspecified atom stereocenters. The van der Waals surface area contributed by atoms with E-state index in [2.05, 4.69) is 0 Å². The molecule has 30 heavy (non-hydrogen) atoms. The maximum absolute atomic E-state index is 12.8. The number of carbonyl (C=O) groups is 2. The molecule has 2 aromatic rings. The molecule has 0 saturated carbocycles. The highest BCUT2D eigenvalue weighted by Gasteiger charge is 2.31. The third-order valence-electron chi connectivity index (χ3n) is 5.77. The summed E-state index contributed by atoms with van der Waals surface area (Å²) in [5.74, 6) is -0.589. The number of ketones is 1. The van der Waals surface area contributed by atoms with Crippen molar-refractivity contribution in [2.75, 3.05) is 30.5 Å². The van der Waals surface area contributed by atoms with E-state index in [1.807, 2.05) is 42.5 Å². The summed E-state index contributed by atoms with van der Waals surface area (Å²) in [5, 5.41) is 9.66. The Hall–Kier alpha value is -3.59. The fourth-order valence-electron chi connectivity index (χ4n) is 4.20. The first-order valence-corrected chi connectivity index (χ1v) is 10.0. The van der Waals surface area contributed by atoms with Gasteiger partial charge in [-0.05, 0) is 61.1 Å². The van der Waals surface area contributed by atoms with Crippen molar-refractivity contribution < 1.29 is 14.3 Å². The average Bonchev–Trinajstić information content (AvgIpc) is 3.03. The number of aryl methyl sites for hydroxylation is 2. The molecule has 6 heteroatoms. The number of benzene rings is 2. The summed E-state index contributed by atoms with van der Waals surface area (Å²) in [6.07, 6.45) is 4.28. The van der Waals surface area contributed by atoms with Gasteiger partial charge in [0.1, 0.15) is 17.5 Å². The second kappa shape index (κ2) is 8.03. The molecular weight excluding hydrogens is 378 g/mol. The minimum Gasteiger partial charge on any atom is -0.454 e. The van der Waals surface area contributed by atoms with Crippen molar-refractivity contribution in [1.82, 2.24) is 0 Å². The molecule has 0 N–H and O–H groups in total. The summed E-state index contributed by atoms with van der Waals surface area (Å²) in [7, 11) is 3.61. The highest BCUT2D eigenvalue weighted by Crippen LogP contribution is 2.40. The molecule has 2 aromatic carbocycles. The largest absolute Gasteiger partial charge is 0.454 e. The van der Waals surface area contributed by atoms with Crippen LogP contribution in [0.15, 0.2) is 53.9 Å². The molecule has 2 aliphatic rings. The van der Waals surface area contributed by atoms with Crippen LogP contribution in [0.4, 0.5) is 11.4 Å². The number of Topliss-reactive ketones (excluding diaryl/α,β-unsaturated/α-hetero) is 1. The van der Waals surface area contributed by atoms with Crippen LogP contribution in [-0.2, 0) is 22.4 Å². The number of nitriles is 1. The van der Waals surface area contributed by atoms with Crippen molar-refractivity contribution in [3.05, 3.63) is 70.5 Å². The lowest BCUT2D eigenvalue weighted by Gasteiger charge is -2.20. The smallest absolute Gasteiger partial charge is 0.338 e. The Balaban J connectivity index is 1.50. The standard InChI is InChI=1S/C24H23N3O3/c1-26-20-9-5-6-10-21(20)27(2)23(26)19(14-25)22(28)15-30-24(29)18-12-11-16-7-3-4-8-17(16)13-18/h5-6,9-13H,3-4,7-8,15H2,1-2H3. The number of esters is 1. The number of ether oxygens (including phenoxy) is 1. The molecule has 0 saturated heterocycles. The van der Waals surface area contributed by atoms with Gasteiger partial charge in [0, 0.05) is 14.1 Å². The van der Waals surface area contributed by atoms with E-state index >= 15 is 0 Å². The number of anilines is 2. The second-order valence-corrected chi connectivity index (χ2v) is 7.61. The maximum Gasteiger partial charge on any atom is 0.338 e. The molecule has 0 aromatic heterocycles. The third-order valence-corrected chi connectivity index (χ3v) is 5.77. The molecule has 0 atom stereocenters. The van der Waals surface area contributed by atoms with Gasteiger partial charge in [-0.2, -0.15) is 5.26 Å². The number of nitrogens with zero attached hydrogens (tertiary/aromatic N) is 3.